The van der Waals surface area contributed by atoms with Crippen molar-refractivity contribution in [2.24, 2.45) is 0 Å². The number of carbonyl (C=O) groups excluding carboxylic acids is 3. The second-order valence-corrected chi connectivity index (χ2v) is 14.8. The Bertz CT molecular complexity index is 2650. The van der Waals surface area contributed by atoms with Gasteiger partial charge in [-0.15, -0.1) is 0 Å². The third kappa shape index (κ3) is 15.1. The summed E-state index contributed by atoms with van der Waals surface area (Å²) >= 11 is 12.1. The lowest BCUT2D eigenvalue weighted by atomic mass is 10.0. The smallest absolute Gasteiger partial charge is 0.336 e. The number of carbonyl (C=O) groups is 4. The number of aliphatic hydroxyl groups is 2. The number of nitrogens with one attached hydrogen (secondary N) is 4. The van der Waals surface area contributed by atoms with Crippen LogP contribution in [0.25, 0.3) is 22.3 Å². The van der Waals surface area contributed by atoms with Crippen LogP contribution in [0.3, 0.4) is 0 Å². The number of hydrogen-bond acceptors (Lipinski definition) is 13. The fourth-order valence-corrected chi connectivity index (χ4v) is 6.17. The van der Waals surface area contributed by atoms with Crippen molar-refractivity contribution in [3.63, 3.8) is 0 Å². The second-order valence-electron chi connectivity index (χ2n) is 13.9. The first-order chi connectivity index (χ1) is 31.1. The van der Waals surface area contributed by atoms with Crippen molar-refractivity contribution in [2.75, 3.05) is 26.4 Å². The largest absolute Gasteiger partial charge is 0.479 e. The molecule has 0 aliphatic heterocycles. The van der Waals surface area contributed by atoms with Gasteiger partial charge in [-0.2, -0.15) is 10.3 Å². The summed E-state index contributed by atoms with van der Waals surface area (Å²) < 4.78 is 39.4. The van der Waals surface area contributed by atoms with Crippen LogP contribution in [0.4, 0.5) is 8.78 Å². The highest BCUT2D eigenvalue weighted by Crippen LogP contribution is 2.25. The van der Waals surface area contributed by atoms with Crippen molar-refractivity contribution in [1.82, 2.24) is 31.2 Å². The molecule has 18 nitrogen and oxygen atoms in total. The lowest BCUT2D eigenvalue weighted by Crippen LogP contribution is -2.48. The van der Waals surface area contributed by atoms with E-state index in [1.807, 2.05) is 64.9 Å². The monoisotopic (exact) mass is 940 g/mol. The van der Waals surface area contributed by atoms with Gasteiger partial charge in [0.05, 0.1) is 25.2 Å². The normalized spacial score (nSPS) is 12.0. The molecular formula is C43H40Cl2F2N6O12. The van der Waals surface area contributed by atoms with Gasteiger partial charge in [-0.05, 0) is 57.6 Å². The van der Waals surface area contributed by atoms with Crippen LogP contribution in [-0.4, -0.2) is 104 Å². The molecule has 0 saturated carbocycles. The Kier molecular flexibility index (Phi) is 17.9. The molecule has 6 rings (SSSR count). The van der Waals surface area contributed by atoms with Gasteiger partial charge < -0.3 is 29.1 Å². The molecule has 0 aliphatic rings. The Balaban J connectivity index is 0.000000247. The molecular weight excluding hydrogens is 901 g/mol. The molecule has 4 aromatic carbocycles. The molecule has 2 aromatic heterocycles. The molecule has 0 radical (unpaired) electrons. The maximum Gasteiger partial charge on any atom is 0.336 e. The van der Waals surface area contributed by atoms with Crippen molar-refractivity contribution in [1.29, 1.82) is 0 Å². The predicted molar refractivity (Wildman–Crippen MR) is 230 cm³/mol. The molecule has 2 atom stereocenters. The Morgan fingerprint density at radius 2 is 1.05 bits per heavy atom. The maximum atomic E-state index is 12.7. The highest BCUT2D eigenvalue weighted by atomic mass is 35.5. The number of carboxylic acid groups (broad SMARTS) is 1. The van der Waals surface area contributed by atoms with E-state index in [1.165, 1.54) is 10.0 Å². The average molecular weight is 942 g/mol. The van der Waals surface area contributed by atoms with E-state index in [1.54, 1.807) is 42.5 Å². The second kappa shape index (κ2) is 23.7. The molecule has 0 saturated heterocycles. The molecule has 7 N–H and O–H groups in total. The van der Waals surface area contributed by atoms with Gasteiger partial charge in [-0.1, -0.05) is 96.0 Å². The summed E-state index contributed by atoms with van der Waals surface area (Å²) in [5, 5.41) is 36.4. The molecule has 2 heterocycles. The van der Waals surface area contributed by atoms with E-state index in [0.717, 1.165) is 39.9 Å². The van der Waals surface area contributed by atoms with Crippen molar-refractivity contribution >= 4 is 47.0 Å². The van der Waals surface area contributed by atoms with E-state index >= 15 is 0 Å². The van der Waals surface area contributed by atoms with Crippen LogP contribution in [0.2, 0.25) is 10.0 Å². The predicted octanol–water partition coefficient (Wildman–Crippen LogP) is 4.53. The fraction of sp³-hybridized carbons (Fsp3) is 0.209. The number of carboxylic acids is 1. The summed E-state index contributed by atoms with van der Waals surface area (Å²) in [6.45, 7) is -3.26. The van der Waals surface area contributed by atoms with Crippen molar-refractivity contribution < 1.29 is 57.1 Å². The minimum absolute atomic E-state index is 0.0101. The number of H-pyrrole nitrogens is 2. The number of benzene rings is 4. The van der Waals surface area contributed by atoms with Crippen LogP contribution in [0, 0.1) is 0 Å². The standard InChI is InChI=1S/C23H22ClF2N3O6.C20H18ClN3O6/c24-17-3-1-2-16(8-17)15-6-4-14(5-7-15)12-29(27-22(32)20-9-21(31)28-35-20)13-19(30)23(33)34-18(10-25)11-26;21-15-3-1-2-14(8-15)13-6-4-12(5-7-13)10-24(11-16(25)20(28)29)22-19(27)17-9-18(26)23-30-17/h1-9,18-19,30H,10-13H2,(H,27,32)(H,28,31);1-9,16,25H,10-11H2,(H,22,27)(H,23,26)(H,28,29)/t19-;16-/m11/s1. The first-order valence-electron chi connectivity index (χ1n) is 19.2. The fourth-order valence-electron chi connectivity index (χ4n) is 5.79. The van der Waals surface area contributed by atoms with Crippen LogP contribution in [0.1, 0.15) is 32.2 Å². The van der Waals surface area contributed by atoms with E-state index in [0.29, 0.717) is 15.6 Å². The SMILES string of the molecule is O=C(NN(Cc1ccc(-c2cccc(Cl)c2)cc1)C[C@@H](O)C(=O)O)c1cc(=O)[nH]o1.O=C(NN(Cc1ccc(-c2cccc(Cl)c2)cc1)C[C@@H](O)C(=O)OC(CF)CF)c1cc(=O)[nH]o1. The summed E-state index contributed by atoms with van der Waals surface area (Å²) in [5.74, 6) is -4.88. The Hall–Kier alpha value is -6.94. The van der Waals surface area contributed by atoms with Crippen molar-refractivity contribution in [2.45, 2.75) is 31.4 Å². The minimum atomic E-state index is -1.83. The van der Waals surface area contributed by atoms with Crippen LogP contribution in [-0.2, 0) is 27.4 Å². The third-order valence-corrected chi connectivity index (χ3v) is 9.43. The number of halogens is 4. The minimum Gasteiger partial charge on any atom is -0.479 e. The number of aliphatic carboxylic acids is 1. The first kappa shape index (κ1) is 49.1. The number of amides is 2. The molecule has 0 fully saturated rings. The van der Waals surface area contributed by atoms with E-state index in [4.69, 9.17) is 37.4 Å². The van der Waals surface area contributed by atoms with Crippen molar-refractivity contribution in [3.05, 3.63) is 163 Å². The van der Waals surface area contributed by atoms with Gasteiger partial charge in [0.15, 0.2) is 18.3 Å². The molecule has 0 aliphatic carbocycles. The number of nitrogens with zero attached hydrogens (tertiary/aromatic N) is 2. The quantitative estimate of drug-likeness (QED) is 0.0435. The summed E-state index contributed by atoms with van der Waals surface area (Å²) in [6, 6.07) is 31.0. The highest BCUT2D eigenvalue weighted by molar-refractivity contribution is 6.31. The topological polar surface area (TPSA) is 261 Å². The van der Waals surface area contributed by atoms with Crippen LogP contribution in [0.15, 0.2) is 128 Å². The molecule has 0 spiro atoms. The number of ether oxygens (including phenoxy) is 1. The average Bonchev–Trinajstić information content (AvgIpc) is 3.94. The first-order valence-corrected chi connectivity index (χ1v) is 20.0. The Morgan fingerprint density at radius 1 is 0.631 bits per heavy atom. The summed E-state index contributed by atoms with van der Waals surface area (Å²) in [4.78, 5) is 70.1. The van der Waals surface area contributed by atoms with Crippen LogP contribution in [0.5, 0.6) is 0 Å². The van der Waals surface area contributed by atoms with Gasteiger partial charge in [0.25, 0.3) is 11.1 Å². The number of rotatable bonds is 19. The zero-order chi connectivity index (χ0) is 47.0. The highest BCUT2D eigenvalue weighted by Gasteiger charge is 2.26. The van der Waals surface area contributed by atoms with E-state index < -0.39 is 73.1 Å². The number of aromatic nitrogens is 2. The Labute approximate surface area is 376 Å². The van der Waals surface area contributed by atoms with Gasteiger partial charge >= 0.3 is 23.8 Å². The van der Waals surface area contributed by atoms with Gasteiger partial charge in [-0.25, -0.2) is 28.4 Å². The summed E-state index contributed by atoms with van der Waals surface area (Å²) in [5.41, 5.74) is 8.70. The lowest BCUT2D eigenvalue weighted by molar-refractivity contribution is -0.162. The number of aliphatic hydroxyl groups excluding tert-OH is 2. The number of aromatic amines is 2. The molecule has 22 heteroatoms. The zero-order valence-corrected chi connectivity index (χ0v) is 35.3. The van der Waals surface area contributed by atoms with E-state index in [2.05, 4.69) is 15.6 Å². The van der Waals surface area contributed by atoms with Gasteiger partial charge in [0.1, 0.15) is 13.3 Å². The van der Waals surface area contributed by atoms with Gasteiger partial charge in [0.2, 0.25) is 11.5 Å². The van der Waals surface area contributed by atoms with Crippen LogP contribution < -0.4 is 22.0 Å². The third-order valence-electron chi connectivity index (χ3n) is 8.96. The van der Waals surface area contributed by atoms with Gasteiger partial charge in [0, 0.05) is 23.1 Å². The van der Waals surface area contributed by atoms with E-state index in [-0.39, 0.29) is 31.2 Å². The number of esters is 1. The number of hydrazine groups is 2. The molecule has 0 bridgehead atoms. The summed E-state index contributed by atoms with van der Waals surface area (Å²) in [6.07, 6.45) is -5.19. The lowest BCUT2D eigenvalue weighted by Gasteiger charge is -2.25. The molecule has 0 unspecified atom stereocenters. The number of hydrogen-bond donors (Lipinski definition) is 7. The molecule has 342 valence electrons. The maximum absolute atomic E-state index is 12.7. The molecule has 6 aromatic rings. The van der Waals surface area contributed by atoms with Crippen LogP contribution >= 0.6 is 23.2 Å². The van der Waals surface area contributed by atoms with Gasteiger partial charge in [-0.3, -0.25) is 30.0 Å². The van der Waals surface area contributed by atoms with Crippen molar-refractivity contribution in [3.8, 4) is 22.3 Å². The number of alkyl halides is 2. The molecule has 65 heavy (non-hydrogen) atoms. The molecule has 2 amide bonds. The van der Waals surface area contributed by atoms with E-state index in [9.17, 15) is 47.8 Å². The Morgan fingerprint density at radius 3 is 1.40 bits per heavy atom. The summed E-state index contributed by atoms with van der Waals surface area (Å²) in [7, 11) is 0. The zero-order valence-electron chi connectivity index (χ0n) is 33.8.